The summed E-state index contributed by atoms with van der Waals surface area (Å²) in [4.78, 5) is 11.5. The zero-order valence-corrected chi connectivity index (χ0v) is 12.7. The first kappa shape index (κ1) is 14.1. The van der Waals surface area contributed by atoms with Crippen molar-refractivity contribution in [2.45, 2.75) is 47.0 Å². The van der Waals surface area contributed by atoms with Crippen LogP contribution in [0.15, 0.2) is 6.07 Å². The lowest BCUT2D eigenvalue weighted by Crippen LogP contribution is -2.40. The lowest BCUT2D eigenvalue weighted by atomic mass is 9.84. The molecule has 0 radical (unpaired) electrons. The van der Waals surface area contributed by atoms with Gasteiger partial charge in [-0.05, 0) is 31.6 Å². The average Bonchev–Trinajstić information content (AvgIpc) is 2.34. The van der Waals surface area contributed by atoms with Crippen LogP contribution in [0.1, 0.15) is 45.7 Å². The van der Waals surface area contributed by atoms with Crippen LogP contribution in [0.3, 0.4) is 0 Å². The fourth-order valence-electron chi connectivity index (χ4n) is 2.65. The number of aromatic nitrogens is 2. The van der Waals surface area contributed by atoms with Crippen LogP contribution < -0.4 is 10.2 Å². The SMILES string of the molecule is CCCNc1nc(C)cc(N2CCCC(C)(C)C2)n1. The molecule has 1 aromatic heterocycles. The highest BCUT2D eigenvalue weighted by Crippen LogP contribution is 2.31. The summed E-state index contributed by atoms with van der Waals surface area (Å²) >= 11 is 0. The average molecular weight is 262 g/mol. The first-order chi connectivity index (χ1) is 9.00. The molecule has 0 unspecified atom stereocenters. The largest absolute Gasteiger partial charge is 0.356 e. The molecule has 1 N–H and O–H groups in total. The Morgan fingerprint density at radius 1 is 1.37 bits per heavy atom. The first-order valence-corrected chi connectivity index (χ1v) is 7.35. The molecule has 1 saturated heterocycles. The van der Waals surface area contributed by atoms with E-state index in [4.69, 9.17) is 0 Å². The van der Waals surface area contributed by atoms with Crippen molar-refractivity contribution >= 4 is 11.8 Å². The van der Waals surface area contributed by atoms with Gasteiger partial charge in [-0.15, -0.1) is 0 Å². The van der Waals surface area contributed by atoms with Crippen molar-refractivity contribution in [3.05, 3.63) is 11.8 Å². The van der Waals surface area contributed by atoms with E-state index in [0.29, 0.717) is 5.41 Å². The molecule has 0 bridgehead atoms. The van der Waals surface area contributed by atoms with Crippen molar-refractivity contribution in [3.63, 3.8) is 0 Å². The van der Waals surface area contributed by atoms with E-state index in [9.17, 15) is 0 Å². The Bertz CT molecular complexity index is 428. The minimum Gasteiger partial charge on any atom is -0.356 e. The Hall–Kier alpha value is -1.32. The maximum absolute atomic E-state index is 4.66. The van der Waals surface area contributed by atoms with Gasteiger partial charge in [0, 0.05) is 31.4 Å². The number of hydrogen-bond acceptors (Lipinski definition) is 4. The summed E-state index contributed by atoms with van der Waals surface area (Å²) in [5.41, 5.74) is 1.42. The number of nitrogens with one attached hydrogen (secondary N) is 1. The van der Waals surface area contributed by atoms with E-state index in [1.165, 1.54) is 12.8 Å². The lowest BCUT2D eigenvalue weighted by Gasteiger charge is -2.38. The van der Waals surface area contributed by atoms with E-state index in [2.05, 4.69) is 47.0 Å². The van der Waals surface area contributed by atoms with E-state index in [-0.39, 0.29) is 0 Å². The fourth-order valence-corrected chi connectivity index (χ4v) is 2.65. The molecule has 1 aliphatic heterocycles. The minimum absolute atomic E-state index is 0.383. The fraction of sp³-hybridized carbons (Fsp3) is 0.733. The van der Waals surface area contributed by atoms with Gasteiger partial charge in [-0.25, -0.2) is 4.98 Å². The number of hydrogen-bond donors (Lipinski definition) is 1. The molecular weight excluding hydrogens is 236 g/mol. The topological polar surface area (TPSA) is 41.1 Å². The molecule has 2 heterocycles. The second kappa shape index (κ2) is 5.76. The van der Waals surface area contributed by atoms with Crippen LogP contribution in [0, 0.1) is 12.3 Å². The standard InChI is InChI=1S/C15H26N4/c1-5-8-16-14-17-12(2)10-13(18-14)19-9-6-7-15(3,4)11-19/h10H,5-9,11H2,1-4H3,(H,16,17,18). The Balaban J connectivity index is 2.16. The molecule has 0 saturated carbocycles. The van der Waals surface area contributed by atoms with Crippen LogP contribution in [0.5, 0.6) is 0 Å². The van der Waals surface area contributed by atoms with Gasteiger partial charge in [0.25, 0.3) is 0 Å². The summed E-state index contributed by atoms with van der Waals surface area (Å²) in [6.45, 7) is 12.0. The van der Waals surface area contributed by atoms with Crippen molar-refractivity contribution in [2.75, 3.05) is 29.9 Å². The first-order valence-electron chi connectivity index (χ1n) is 7.35. The van der Waals surface area contributed by atoms with Gasteiger partial charge in [0.2, 0.25) is 5.95 Å². The maximum Gasteiger partial charge on any atom is 0.224 e. The summed E-state index contributed by atoms with van der Waals surface area (Å²) in [5.74, 6) is 1.83. The molecule has 1 aliphatic rings. The number of piperidine rings is 1. The number of anilines is 2. The molecule has 2 rings (SSSR count). The monoisotopic (exact) mass is 262 g/mol. The van der Waals surface area contributed by atoms with E-state index in [0.717, 1.165) is 43.5 Å². The molecule has 0 amide bonds. The van der Waals surface area contributed by atoms with E-state index >= 15 is 0 Å². The van der Waals surface area contributed by atoms with E-state index in [1.54, 1.807) is 0 Å². The predicted molar refractivity (Wildman–Crippen MR) is 80.8 cm³/mol. The van der Waals surface area contributed by atoms with Crippen LogP contribution in [0.25, 0.3) is 0 Å². The molecule has 0 atom stereocenters. The Kier molecular flexibility index (Phi) is 4.27. The van der Waals surface area contributed by atoms with Crippen molar-refractivity contribution in [1.29, 1.82) is 0 Å². The molecule has 0 aliphatic carbocycles. The van der Waals surface area contributed by atoms with Gasteiger partial charge in [0.15, 0.2) is 0 Å². The number of rotatable bonds is 4. The third-order valence-corrected chi connectivity index (χ3v) is 3.60. The van der Waals surface area contributed by atoms with Gasteiger partial charge in [-0.2, -0.15) is 4.98 Å². The molecule has 1 aromatic rings. The lowest BCUT2D eigenvalue weighted by molar-refractivity contribution is 0.292. The molecule has 0 aromatic carbocycles. The minimum atomic E-state index is 0.383. The van der Waals surface area contributed by atoms with Gasteiger partial charge in [-0.3, -0.25) is 0 Å². The number of nitrogens with zero attached hydrogens (tertiary/aromatic N) is 3. The molecule has 0 spiro atoms. The van der Waals surface area contributed by atoms with Gasteiger partial charge in [-0.1, -0.05) is 20.8 Å². The second-order valence-electron chi connectivity index (χ2n) is 6.31. The summed E-state index contributed by atoms with van der Waals surface area (Å²) < 4.78 is 0. The molecule has 1 fully saturated rings. The summed E-state index contributed by atoms with van der Waals surface area (Å²) in [6, 6.07) is 2.10. The van der Waals surface area contributed by atoms with Crippen LogP contribution in [-0.4, -0.2) is 29.6 Å². The van der Waals surface area contributed by atoms with Gasteiger partial charge >= 0.3 is 0 Å². The zero-order chi connectivity index (χ0) is 13.9. The van der Waals surface area contributed by atoms with Crippen LogP contribution >= 0.6 is 0 Å². The Morgan fingerprint density at radius 3 is 2.84 bits per heavy atom. The predicted octanol–water partition coefficient (Wildman–Crippen LogP) is 3.23. The molecule has 4 nitrogen and oxygen atoms in total. The smallest absolute Gasteiger partial charge is 0.224 e. The third-order valence-electron chi connectivity index (χ3n) is 3.60. The molecule has 106 valence electrons. The summed E-state index contributed by atoms with van der Waals surface area (Å²) in [5, 5.41) is 3.29. The van der Waals surface area contributed by atoms with Crippen molar-refractivity contribution in [2.24, 2.45) is 5.41 Å². The molecule has 19 heavy (non-hydrogen) atoms. The van der Waals surface area contributed by atoms with Crippen LogP contribution in [-0.2, 0) is 0 Å². The highest BCUT2D eigenvalue weighted by atomic mass is 15.2. The summed E-state index contributed by atoms with van der Waals surface area (Å²) in [6.07, 6.45) is 3.63. The zero-order valence-electron chi connectivity index (χ0n) is 12.7. The summed E-state index contributed by atoms with van der Waals surface area (Å²) in [7, 11) is 0. The highest BCUT2D eigenvalue weighted by molar-refractivity contribution is 5.45. The maximum atomic E-state index is 4.66. The van der Waals surface area contributed by atoms with Crippen molar-refractivity contribution < 1.29 is 0 Å². The third kappa shape index (κ3) is 3.82. The van der Waals surface area contributed by atoms with E-state index in [1.807, 2.05) is 6.92 Å². The highest BCUT2D eigenvalue weighted by Gasteiger charge is 2.27. The van der Waals surface area contributed by atoms with Crippen LogP contribution in [0.2, 0.25) is 0 Å². The number of aryl methyl sites for hydroxylation is 1. The quantitative estimate of drug-likeness (QED) is 0.904. The molecule has 4 heteroatoms. The molecular formula is C15H26N4. The van der Waals surface area contributed by atoms with Gasteiger partial charge in [0.05, 0.1) is 0 Å². The Morgan fingerprint density at radius 2 is 2.16 bits per heavy atom. The van der Waals surface area contributed by atoms with Crippen LogP contribution in [0.4, 0.5) is 11.8 Å². The van der Waals surface area contributed by atoms with Gasteiger partial charge < -0.3 is 10.2 Å². The normalized spacial score (nSPS) is 18.4. The van der Waals surface area contributed by atoms with Crippen molar-refractivity contribution in [1.82, 2.24) is 9.97 Å². The van der Waals surface area contributed by atoms with Crippen molar-refractivity contribution in [3.8, 4) is 0 Å². The Labute approximate surface area is 116 Å². The van der Waals surface area contributed by atoms with E-state index < -0.39 is 0 Å². The van der Waals surface area contributed by atoms with Gasteiger partial charge in [0.1, 0.15) is 5.82 Å². The second-order valence-corrected chi connectivity index (χ2v) is 6.31.